The Morgan fingerprint density at radius 1 is 1.15 bits per heavy atom. The first kappa shape index (κ1) is 18.2. The van der Waals surface area contributed by atoms with Crippen LogP contribution in [0.25, 0.3) is 28.1 Å². The highest BCUT2D eigenvalue weighted by molar-refractivity contribution is 8.26. The molecule has 3 heterocycles. The summed E-state index contributed by atoms with van der Waals surface area (Å²) in [6.07, 6.45) is 3.70. The monoisotopic (exact) mass is 412 g/mol. The fraction of sp³-hybridized carbons (Fsp3) is 0.150. The number of amides is 1. The number of carbonyl (C=O) groups is 1. The van der Waals surface area contributed by atoms with Crippen molar-refractivity contribution in [3.8, 4) is 11.1 Å². The fourth-order valence-electron chi connectivity index (χ4n) is 3.02. The van der Waals surface area contributed by atoms with Gasteiger partial charge in [0.2, 0.25) is 0 Å². The Kier molecular flexibility index (Phi) is 4.99. The molecule has 1 aliphatic rings. The Bertz CT molecular complexity index is 1160. The van der Waals surface area contributed by atoms with E-state index < -0.39 is 0 Å². The number of hydrogen-bond donors (Lipinski definition) is 2. The number of aromatic amines is 1. The zero-order valence-corrected chi connectivity index (χ0v) is 16.9. The second-order valence-electron chi connectivity index (χ2n) is 6.26. The third-order valence-electron chi connectivity index (χ3n) is 4.27. The first-order valence-electron chi connectivity index (χ1n) is 8.53. The van der Waals surface area contributed by atoms with Crippen molar-refractivity contribution in [2.45, 2.75) is 19.8 Å². The van der Waals surface area contributed by atoms with Gasteiger partial charge in [-0.3, -0.25) is 9.59 Å². The maximum atomic E-state index is 12.5. The average Bonchev–Trinajstić information content (AvgIpc) is 3.22. The zero-order valence-electron chi connectivity index (χ0n) is 14.5. The van der Waals surface area contributed by atoms with Gasteiger partial charge in [0.25, 0.3) is 5.91 Å². The second kappa shape index (κ2) is 7.42. The van der Waals surface area contributed by atoms with Crippen molar-refractivity contribution < 1.29 is 4.79 Å². The number of thiophene rings is 1. The van der Waals surface area contributed by atoms with Crippen LogP contribution in [0.15, 0.2) is 45.4 Å². The molecule has 0 spiro atoms. The Hall–Kier alpha value is -2.22. The molecule has 1 aliphatic heterocycles. The third-order valence-corrected chi connectivity index (χ3v) is 6.32. The number of aromatic nitrogens is 1. The number of H-pyrrole nitrogens is 1. The van der Waals surface area contributed by atoms with Crippen LogP contribution in [0.1, 0.15) is 23.9 Å². The predicted molar refractivity (Wildman–Crippen MR) is 118 cm³/mol. The van der Waals surface area contributed by atoms with Crippen molar-refractivity contribution in [3.63, 3.8) is 0 Å². The van der Waals surface area contributed by atoms with Crippen LogP contribution in [0.4, 0.5) is 0 Å². The SMILES string of the molecule is CCCc1cc(=O)c2cc(-c3csc(C=C4SC(=S)NC4=O)c3)ccc2[nH]1. The van der Waals surface area contributed by atoms with Crippen LogP contribution < -0.4 is 10.7 Å². The number of nitrogens with one attached hydrogen (secondary N) is 2. The highest BCUT2D eigenvalue weighted by Crippen LogP contribution is 2.31. The lowest BCUT2D eigenvalue weighted by Crippen LogP contribution is -2.17. The highest BCUT2D eigenvalue weighted by atomic mass is 32.2. The molecule has 4 nitrogen and oxygen atoms in total. The molecule has 0 saturated carbocycles. The smallest absolute Gasteiger partial charge is 0.263 e. The van der Waals surface area contributed by atoms with Gasteiger partial charge in [0.15, 0.2) is 5.43 Å². The van der Waals surface area contributed by atoms with Crippen molar-refractivity contribution in [2.24, 2.45) is 0 Å². The molecule has 136 valence electrons. The number of pyridine rings is 1. The van der Waals surface area contributed by atoms with Crippen LogP contribution >= 0.6 is 35.3 Å². The molecule has 1 saturated heterocycles. The molecule has 7 heteroatoms. The van der Waals surface area contributed by atoms with E-state index in [2.05, 4.69) is 17.2 Å². The van der Waals surface area contributed by atoms with Crippen molar-refractivity contribution >= 4 is 62.5 Å². The normalized spacial score (nSPS) is 15.7. The Morgan fingerprint density at radius 2 is 2.00 bits per heavy atom. The zero-order chi connectivity index (χ0) is 19.0. The summed E-state index contributed by atoms with van der Waals surface area (Å²) in [5, 5.41) is 5.34. The summed E-state index contributed by atoms with van der Waals surface area (Å²) in [5.41, 5.74) is 3.88. The van der Waals surface area contributed by atoms with Gasteiger partial charge in [-0.2, -0.15) is 0 Å². The van der Waals surface area contributed by atoms with Gasteiger partial charge in [0.05, 0.1) is 4.91 Å². The lowest BCUT2D eigenvalue weighted by atomic mass is 10.0. The van der Waals surface area contributed by atoms with Gasteiger partial charge in [0.1, 0.15) is 4.32 Å². The van der Waals surface area contributed by atoms with Crippen LogP contribution in [0.5, 0.6) is 0 Å². The highest BCUT2D eigenvalue weighted by Gasteiger charge is 2.22. The van der Waals surface area contributed by atoms with Gasteiger partial charge >= 0.3 is 0 Å². The van der Waals surface area contributed by atoms with E-state index in [1.165, 1.54) is 11.8 Å². The predicted octanol–water partition coefficient (Wildman–Crippen LogP) is 4.70. The molecular formula is C20H16N2O2S3. The van der Waals surface area contributed by atoms with Gasteiger partial charge in [-0.1, -0.05) is 43.4 Å². The lowest BCUT2D eigenvalue weighted by Gasteiger charge is -2.05. The molecule has 0 bridgehead atoms. The standard InChI is InChI=1S/C20H16N2O2S3/c1-2-3-13-8-17(23)15-7-11(4-5-16(15)21-13)12-6-14(26-10-12)9-18-19(24)22-20(25)27-18/h4-10H,2-3H2,1H3,(H,21,23)(H,22,24,25). The van der Waals surface area contributed by atoms with E-state index in [0.717, 1.165) is 40.1 Å². The summed E-state index contributed by atoms with van der Waals surface area (Å²) in [6, 6.07) is 9.61. The summed E-state index contributed by atoms with van der Waals surface area (Å²) in [7, 11) is 0. The number of benzene rings is 1. The molecule has 0 radical (unpaired) electrons. The first-order chi connectivity index (χ1) is 13.0. The number of rotatable bonds is 4. The van der Waals surface area contributed by atoms with Crippen LogP contribution in [0.3, 0.4) is 0 Å². The van der Waals surface area contributed by atoms with Crippen LogP contribution in [0, 0.1) is 0 Å². The molecule has 2 aromatic heterocycles. The molecule has 0 unspecified atom stereocenters. The number of thioether (sulfide) groups is 1. The van der Waals surface area contributed by atoms with Crippen molar-refractivity contribution in [3.05, 3.63) is 61.4 Å². The van der Waals surface area contributed by atoms with Crippen LogP contribution in [0.2, 0.25) is 0 Å². The molecule has 1 aromatic carbocycles. The minimum atomic E-state index is -0.153. The van der Waals surface area contributed by atoms with Crippen LogP contribution in [-0.2, 0) is 11.2 Å². The summed E-state index contributed by atoms with van der Waals surface area (Å²) in [4.78, 5) is 29.2. The molecule has 0 atom stereocenters. The molecule has 2 N–H and O–H groups in total. The summed E-state index contributed by atoms with van der Waals surface area (Å²) in [5.74, 6) is -0.153. The molecule has 1 fully saturated rings. The van der Waals surface area contributed by atoms with Crippen LogP contribution in [-0.4, -0.2) is 15.2 Å². The van der Waals surface area contributed by atoms with E-state index in [-0.39, 0.29) is 11.3 Å². The van der Waals surface area contributed by atoms with E-state index in [9.17, 15) is 9.59 Å². The van der Waals surface area contributed by atoms with Gasteiger partial charge < -0.3 is 10.3 Å². The molecule has 0 aliphatic carbocycles. The molecule has 27 heavy (non-hydrogen) atoms. The molecule has 3 aromatic rings. The van der Waals surface area contributed by atoms with Crippen molar-refractivity contribution in [1.29, 1.82) is 0 Å². The molecule has 4 rings (SSSR count). The Morgan fingerprint density at radius 3 is 2.74 bits per heavy atom. The third kappa shape index (κ3) is 3.76. The molecule has 1 amide bonds. The number of hydrogen-bond acceptors (Lipinski definition) is 5. The van der Waals surface area contributed by atoms with E-state index in [4.69, 9.17) is 12.2 Å². The van der Waals surface area contributed by atoms with Gasteiger partial charge in [0, 0.05) is 27.5 Å². The summed E-state index contributed by atoms with van der Waals surface area (Å²) in [6.45, 7) is 2.09. The first-order valence-corrected chi connectivity index (χ1v) is 10.6. The second-order valence-corrected chi connectivity index (χ2v) is 8.92. The van der Waals surface area contributed by atoms with Crippen molar-refractivity contribution in [1.82, 2.24) is 10.3 Å². The number of aryl methyl sites for hydroxylation is 1. The van der Waals surface area contributed by atoms with E-state index in [0.29, 0.717) is 14.6 Å². The summed E-state index contributed by atoms with van der Waals surface area (Å²) >= 11 is 7.84. The van der Waals surface area contributed by atoms with Gasteiger partial charge in [-0.05, 0) is 47.2 Å². The van der Waals surface area contributed by atoms with Gasteiger partial charge in [-0.25, -0.2) is 0 Å². The Balaban J connectivity index is 1.68. The fourth-order valence-corrected chi connectivity index (χ4v) is 4.97. The maximum Gasteiger partial charge on any atom is 0.263 e. The van der Waals surface area contributed by atoms with E-state index in [1.54, 1.807) is 17.4 Å². The lowest BCUT2D eigenvalue weighted by molar-refractivity contribution is -0.115. The van der Waals surface area contributed by atoms with E-state index in [1.807, 2.05) is 35.7 Å². The molecular weight excluding hydrogens is 396 g/mol. The quantitative estimate of drug-likeness (QED) is 0.482. The Labute approximate surface area is 169 Å². The number of fused-ring (bicyclic) bond motifs is 1. The van der Waals surface area contributed by atoms with E-state index >= 15 is 0 Å². The van der Waals surface area contributed by atoms with Crippen molar-refractivity contribution in [2.75, 3.05) is 0 Å². The minimum absolute atomic E-state index is 0.0409. The average molecular weight is 413 g/mol. The minimum Gasteiger partial charge on any atom is -0.358 e. The number of thiocarbonyl (C=S) groups is 1. The summed E-state index contributed by atoms with van der Waals surface area (Å²) < 4.78 is 0.485. The maximum absolute atomic E-state index is 12.5. The van der Waals surface area contributed by atoms with Gasteiger partial charge in [-0.15, -0.1) is 11.3 Å². The largest absolute Gasteiger partial charge is 0.358 e. The number of carbonyl (C=O) groups excluding carboxylic acids is 1. The topological polar surface area (TPSA) is 62.0 Å².